The molecule has 2 rings (SSSR count). The van der Waals surface area contributed by atoms with Crippen LogP contribution in [-0.2, 0) is 0 Å². The van der Waals surface area contributed by atoms with Crippen LogP contribution in [0.2, 0.25) is 5.02 Å². The molecule has 1 aliphatic heterocycles. The van der Waals surface area contributed by atoms with Gasteiger partial charge in [-0.1, -0.05) is 11.6 Å². The topological polar surface area (TPSA) is 66.6 Å². The van der Waals surface area contributed by atoms with E-state index in [1.807, 2.05) is 11.8 Å². The first-order valence-corrected chi connectivity index (χ1v) is 6.10. The van der Waals surface area contributed by atoms with Crippen LogP contribution in [0, 0.1) is 17.0 Å². The number of hydrogen-bond acceptors (Lipinski definition) is 4. The van der Waals surface area contributed by atoms with Gasteiger partial charge >= 0.3 is 0 Å². The summed E-state index contributed by atoms with van der Waals surface area (Å²) in [6.07, 6.45) is 0.682. The Morgan fingerprint density at radius 1 is 1.56 bits per heavy atom. The Labute approximate surface area is 110 Å². The van der Waals surface area contributed by atoms with Gasteiger partial charge in [-0.2, -0.15) is 0 Å². The van der Waals surface area contributed by atoms with Crippen LogP contribution in [0.1, 0.15) is 18.9 Å². The number of nitro groups is 1. The number of anilines is 1. The molecule has 1 N–H and O–H groups in total. The highest BCUT2D eigenvalue weighted by Gasteiger charge is 2.32. The predicted molar refractivity (Wildman–Crippen MR) is 70.3 cm³/mol. The quantitative estimate of drug-likeness (QED) is 0.662. The van der Waals surface area contributed by atoms with Crippen LogP contribution in [0.3, 0.4) is 0 Å². The maximum atomic E-state index is 10.8. The largest absolute Gasteiger partial charge is 0.388 e. The Balaban J connectivity index is 2.36. The fourth-order valence-corrected chi connectivity index (χ4v) is 2.51. The first kappa shape index (κ1) is 13.1. The van der Waals surface area contributed by atoms with Crippen molar-refractivity contribution in [1.29, 1.82) is 0 Å². The van der Waals surface area contributed by atoms with E-state index in [0.717, 1.165) is 17.8 Å². The van der Waals surface area contributed by atoms with Crippen molar-refractivity contribution in [3.05, 3.63) is 32.8 Å². The van der Waals surface area contributed by atoms with Crippen molar-refractivity contribution in [3.8, 4) is 0 Å². The fraction of sp³-hybridized carbons (Fsp3) is 0.500. The highest BCUT2D eigenvalue weighted by Crippen LogP contribution is 2.35. The molecule has 1 aliphatic rings. The van der Waals surface area contributed by atoms with Crippen LogP contribution in [0.15, 0.2) is 12.1 Å². The van der Waals surface area contributed by atoms with Crippen LogP contribution in [0.4, 0.5) is 11.4 Å². The lowest BCUT2D eigenvalue weighted by atomic mass is 10.1. The van der Waals surface area contributed by atoms with Crippen molar-refractivity contribution in [3.63, 3.8) is 0 Å². The second kappa shape index (κ2) is 4.40. The van der Waals surface area contributed by atoms with Crippen LogP contribution in [0.25, 0.3) is 0 Å². The van der Waals surface area contributed by atoms with E-state index in [4.69, 9.17) is 11.6 Å². The maximum absolute atomic E-state index is 10.8. The van der Waals surface area contributed by atoms with E-state index in [1.54, 1.807) is 13.0 Å². The van der Waals surface area contributed by atoms with E-state index in [1.165, 1.54) is 6.07 Å². The lowest BCUT2D eigenvalue weighted by Crippen LogP contribution is -2.29. The molecule has 18 heavy (non-hydrogen) atoms. The van der Waals surface area contributed by atoms with Crippen LogP contribution >= 0.6 is 11.6 Å². The summed E-state index contributed by atoms with van der Waals surface area (Å²) in [7, 11) is 0. The first-order valence-electron chi connectivity index (χ1n) is 5.72. The van der Waals surface area contributed by atoms with Gasteiger partial charge in [0.25, 0.3) is 5.69 Å². The number of β-amino-alcohol motifs (C(OH)–C–C–N with tert-alkyl or cyclic N) is 1. The van der Waals surface area contributed by atoms with Gasteiger partial charge in [0.15, 0.2) is 0 Å². The van der Waals surface area contributed by atoms with Crippen LogP contribution in [0.5, 0.6) is 0 Å². The average Bonchev–Trinajstić information content (AvgIpc) is 2.61. The summed E-state index contributed by atoms with van der Waals surface area (Å²) in [6.45, 7) is 4.84. The molecule has 0 bridgehead atoms. The zero-order chi connectivity index (χ0) is 13.5. The zero-order valence-electron chi connectivity index (χ0n) is 10.3. The molecule has 98 valence electrons. The van der Waals surface area contributed by atoms with Crippen molar-refractivity contribution in [2.24, 2.45) is 0 Å². The number of benzene rings is 1. The molecule has 1 aromatic rings. The van der Waals surface area contributed by atoms with Gasteiger partial charge in [-0.15, -0.1) is 0 Å². The second-order valence-electron chi connectivity index (χ2n) is 5.02. The van der Waals surface area contributed by atoms with Gasteiger partial charge < -0.3 is 10.0 Å². The zero-order valence-corrected chi connectivity index (χ0v) is 11.1. The number of halogens is 1. The van der Waals surface area contributed by atoms with Gasteiger partial charge in [0.1, 0.15) is 5.02 Å². The molecule has 0 aromatic heterocycles. The lowest BCUT2D eigenvalue weighted by molar-refractivity contribution is -0.384. The number of aryl methyl sites for hydroxylation is 1. The predicted octanol–water partition coefficient (Wildman–Crippen LogP) is 2.52. The Hall–Kier alpha value is -1.33. The minimum absolute atomic E-state index is 0.0797. The van der Waals surface area contributed by atoms with Gasteiger partial charge in [0.05, 0.1) is 10.5 Å². The Morgan fingerprint density at radius 3 is 2.72 bits per heavy atom. The highest BCUT2D eigenvalue weighted by atomic mass is 35.5. The molecule has 6 heteroatoms. The molecule has 0 amide bonds. The third-order valence-corrected chi connectivity index (χ3v) is 3.56. The standard InChI is InChI=1S/C12H15ClN2O3/c1-8-5-11(15(17)18)9(13)6-10(8)14-4-3-12(2,16)7-14/h5-6,16H,3-4,7H2,1-2H3. The molecule has 1 saturated heterocycles. The average molecular weight is 271 g/mol. The van der Waals surface area contributed by atoms with Crippen molar-refractivity contribution in [2.45, 2.75) is 25.9 Å². The van der Waals surface area contributed by atoms with E-state index >= 15 is 0 Å². The summed E-state index contributed by atoms with van der Waals surface area (Å²) in [5, 5.41) is 20.9. The smallest absolute Gasteiger partial charge is 0.288 e. The number of aliphatic hydroxyl groups is 1. The molecule has 1 unspecified atom stereocenters. The summed E-state index contributed by atoms with van der Waals surface area (Å²) in [5.41, 5.74) is 0.858. The Kier molecular flexibility index (Phi) is 3.21. The summed E-state index contributed by atoms with van der Waals surface area (Å²) < 4.78 is 0. The van der Waals surface area contributed by atoms with Crippen molar-refractivity contribution >= 4 is 23.0 Å². The summed E-state index contributed by atoms with van der Waals surface area (Å²) >= 11 is 5.92. The van der Waals surface area contributed by atoms with E-state index < -0.39 is 10.5 Å². The Bertz CT molecular complexity index is 502. The molecule has 5 nitrogen and oxygen atoms in total. The lowest BCUT2D eigenvalue weighted by Gasteiger charge is -2.22. The molecule has 0 aliphatic carbocycles. The summed E-state index contributed by atoms with van der Waals surface area (Å²) in [5.74, 6) is 0. The molecule has 0 spiro atoms. The molecule has 0 saturated carbocycles. The number of hydrogen-bond donors (Lipinski definition) is 1. The summed E-state index contributed by atoms with van der Waals surface area (Å²) in [6, 6.07) is 3.08. The number of nitrogens with zero attached hydrogens (tertiary/aromatic N) is 2. The first-order chi connectivity index (χ1) is 8.30. The minimum Gasteiger partial charge on any atom is -0.388 e. The van der Waals surface area contributed by atoms with Crippen molar-refractivity contribution < 1.29 is 10.0 Å². The minimum atomic E-state index is -0.708. The van der Waals surface area contributed by atoms with E-state index in [-0.39, 0.29) is 10.7 Å². The molecule has 0 radical (unpaired) electrons. The van der Waals surface area contributed by atoms with Gasteiger partial charge in [-0.3, -0.25) is 10.1 Å². The van der Waals surface area contributed by atoms with Crippen LogP contribution in [-0.4, -0.2) is 28.7 Å². The third-order valence-electron chi connectivity index (χ3n) is 3.25. The molecule has 1 heterocycles. The van der Waals surface area contributed by atoms with Crippen molar-refractivity contribution in [2.75, 3.05) is 18.0 Å². The SMILES string of the molecule is Cc1cc([N+](=O)[O-])c(Cl)cc1N1CCC(C)(O)C1. The molecule has 1 atom stereocenters. The van der Waals surface area contributed by atoms with Gasteiger partial charge in [-0.25, -0.2) is 0 Å². The molecular weight excluding hydrogens is 256 g/mol. The van der Waals surface area contributed by atoms with Gasteiger partial charge in [0.2, 0.25) is 0 Å². The maximum Gasteiger partial charge on any atom is 0.288 e. The number of rotatable bonds is 2. The summed E-state index contributed by atoms with van der Waals surface area (Å²) in [4.78, 5) is 12.3. The highest BCUT2D eigenvalue weighted by molar-refractivity contribution is 6.33. The van der Waals surface area contributed by atoms with E-state index in [0.29, 0.717) is 13.0 Å². The normalized spacial score (nSPS) is 23.4. The van der Waals surface area contributed by atoms with Gasteiger partial charge in [0, 0.05) is 24.8 Å². The van der Waals surface area contributed by atoms with Gasteiger partial charge in [-0.05, 0) is 31.9 Å². The molecule has 1 fully saturated rings. The van der Waals surface area contributed by atoms with Crippen molar-refractivity contribution in [1.82, 2.24) is 0 Å². The Morgan fingerprint density at radius 2 is 2.22 bits per heavy atom. The van der Waals surface area contributed by atoms with Crippen LogP contribution < -0.4 is 4.90 Å². The monoisotopic (exact) mass is 270 g/mol. The molecular formula is C12H15ClN2O3. The van der Waals surface area contributed by atoms with E-state index in [9.17, 15) is 15.2 Å². The second-order valence-corrected chi connectivity index (χ2v) is 5.42. The fourth-order valence-electron chi connectivity index (χ4n) is 2.29. The van der Waals surface area contributed by atoms with E-state index in [2.05, 4.69) is 0 Å². The number of nitro benzene ring substituents is 1. The third kappa shape index (κ3) is 2.42. The molecule has 1 aromatic carbocycles.